The molecule has 0 spiro atoms. The molecule has 2 N–H and O–H groups in total. The summed E-state index contributed by atoms with van der Waals surface area (Å²) in [6.07, 6.45) is 4.90. The predicted molar refractivity (Wildman–Crippen MR) is 69.8 cm³/mol. The van der Waals surface area contributed by atoms with Gasteiger partial charge in [0.1, 0.15) is 0 Å². The number of rotatable bonds is 4. The average molecular weight is 269 g/mol. The molecule has 2 heterocycles. The Morgan fingerprint density at radius 1 is 1.44 bits per heavy atom. The van der Waals surface area contributed by atoms with Crippen LogP contribution in [0.1, 0.15) is 24.8 Å². The summed E-state index contributed by atoms with van der Waals surface area (Å²) in [5.41, 5.74) is 0.947. The molecule has 1 atom stereocenters. The van der Waals surface area contributed by atoms with E-state index in [0.717, 1.165) is 24.9 Å². The van der Waals surface area contributed by atoms with Crippen LogP contribution < -0.4 is 10.0 Å². The molecule has 0 bridgehead atoms. The van der Waals surface area contributed by atoms with Crippen LogP contribution in [0.5, 0.6) is 0 Å². The van der Waals surface area contributed by atoms with Gasteiger partial charge in [0, 0.05) is 18.8 Å². The van der Waals surface area contributed by atoms with Crippen molar-refractivity contribution >= 4 is 10.0 Å². The van der Waals surface area contributed by atoms with Crippen molar-refractivity contribution in [3.8, 4) is 0 Å². The summed E-state index contributed by atoms with van der Waals surface area (Å²) in [6, 6.07) is 3.52. The zero-order chi connectivity index (χ0) is 13.0. The summed E-state index contributed by atoms with van der Waals surface area (Å²) in [5, 5.41) is 3.39. The van der Waals surface area contributed by atoms with Gasteiger partial charge in [0.25, 0.3) is 10.0 Å². The maximum absolute atomic E-state index is 12.0. The maximum Gasteiger partial charge on any atom is 0.258 e. The van der Waals surface area contributed by atoms with Gasteiger partial charge in [-0.2, -0.15) is 0 Å². The van der Waals surface area contributed by atoms with E-state index >= 15 is 0 Å². The molecule has 0 radical (unpaired) electrons. The van der Waals surface area contributed by atoms with Crippen LogP contribution in [-0.2, 0) is 10.0 Å². The van der Waals surface area contributed by atoms with Crippen molar-refractivity contribution < 1.29 is 8.42 Å². The van der Waals surface area contributed by atoms with E-state index in [1.807, 2.05) is 6.92 Å². The molecule has 0 saturated carbocycles. The highest BCUT2D eigenvalue weighted by Gasteiger charge is 2.19. The van der Waals surface area contributed by atoms with Crippen molar-refractivity contribution in [3.63, 3.8) is 0 Å². The SMILES string of the molecule is Cc1ccc(S(=O)(=O)NC[C@H]2CCCCN2)nc1. The molecule has 1 aliphatic rings. The largest absolute Gasteiger partial charge is 0.313 e. The first-order valence-corrected chi connectivity index (χ1v) is 7.72. The molecule has 5 nitrogen and oxygen atoms in total. The number of sulfonamides is 1. The third kappa shape index (κ3) is 3.51. The number of nitrogens with zero attached hydrogens (tertiary/aromatic N) is 1. The molecular weight excluding hydrogens is 250 g/mol. The van der Waals surface area contributed by atoms with Crippen molar-refractivity contribution in [1.82, 2.24) is 15.0 Å². The lowest BCUT2D eigenvalue weighted by Gasteiger charge is -2.23. The highest BCUT2D eigenvalue weighted by Crippen LogP contribution is 2.09. The second-order valence-corrected chi connectivity index (χ2v) is 6.39. The molecule has 18 heavy (non-hydrogen) atoms. The van der Waals surface area contributed by atoms with Crippen molar-refractivity contribution in [1.29, 1.82) is 0 Å². The van der Waals surface area contributed by atoms with E-state index in [1.54, 1.807) is 12.3 Å². The summed E-state index contributed by atoms with van der Waals surface area (Å²) >= 11 is 0. The number of nitrogens with one attached hydrogen (secondary N) is 2. The van der Waals surface area contributed by atoms with Crippen molar-refractivity contribution in [3.05, 3.63) is 23.9 Å². The Kier molecular flexibility index (Phi) is 4.31. The van der Waals surface area contributed by atoms with Gasteiger partial charge in [-0.1, -0.05) is 12.5 Å². The Labute approximate surface area is 108 Å². The number of hydrogen-bond donors (Lipinski definition) is 2. The van der Waals surface area contributed by atoms with Crippen LogP contribution in [0.25, 0.3) is 0 Å². The molecule has 100 valence electrons. The van der Waals surface area contributed by atoms with Crippen LogP contribution >= 0.6 is 0 Å². The van der Waals surface area contributed by atoms with Gasteiger partial charge in [0.2, 0.25) is 0 Å². The second kappa shape index (κ2) is 5.77. The third-order valence-electron chi connectivity index (χ3n) is 3.09. The fraction of sp³-hybridized carbons (Fsp3) is 0.583. The maximum atomic E-state index is 12.0. The van der Waals surface area contributed by atoms with Crippen LogP contribution in [0, 0.1) is 6.92 Å². The zero-order valence-corrected chi connectivity index (χ0v) is 11.3. The number of piperidine rings is 1. The minimum atomic E-state index is -3.48. The topological polar surface area (TPSA) is 71.1 Å². The Morgan fingerprint density at radius 2 is 2.28 bits per heavy atom. The highest BCUT2D eigenvalue weighted by atomic mass is 32.2. The van der Waals surface area contributed by atoms with Gasteiger partial charge in [0.15, 0.2) is 5.03 Å². The van der Waals surface area contributed by atoms with Gasteiger partial charge in [-0.15, -0.1) is 0 Å². The number of pyridine rings is 1. The van der Waals surface area contributed by atoms with Gasteiger partial charge in [-0.3, -0.25) is 0 Å². The van der Waals surface area contributed by atoms with Crippen molar-refractivity contribution in [2.75, 3.05) is 13.1 Å². The molecule has 0 aliphatic carbocycles. The van der Waals surface area contributed by atoms with Crippen molar-refractivity contribution in [2.45, 2.75) is 37.3 Å². The molecule has 2 rings (SSSR count). The van der Waals surface area contributed by atoms with Gasteiger partial charge < -0.3 is 5.32 Å². The Balaban J connectivity index is 1.96. The second-order valence-electron chi connectivity index (χ2n) is 4.67. The number of aryl methyl sites for hydroxylation is 1. The number of hydrogen-bond acceptors (Lipinski definition) is 4. The van der Waals surface area contributed by atoms with E-state index in [0.29, 0.717) is 6.54 Å². The van der Waals surface area contributed by atoms with Gasteiger partial charge in [-0.05, 0) is 37.9 Å². The molecule has 1 aromatic rings. The summed E-state index contributed by atoms with van der Waals surface area (Å²) in [4.78, 5) is 3.94. The molecule has 1 saturated heterocycles. The van der Waals surface area contributed by atoms with Gasteiger partial charge in [0.05, 0.1) is 0 Å². The molecule has 0 aromatic carbocycles. The van der Waals surface area contributed by atoms with Crippen molar-refractivity contribution in [2.24, 2.45) is 0 Å². The molecule has 1 aliphatic heterocycles. The minimum absolute atomic E-state index is 0.0870. The van der Waals surface area contributed by atoms with Crippen LogP contribution in [0.2, 0.25) is 0 Å². The third-order valence-corrected chi connectivity index (χ3v) is 4.43. The van der Waals surface area contributed by atoms with Crippen LogP contribution in [-0.4, -0.2) is 32.5 Å². The molecular formula is C12H19N3O2S. The molecule has 6 heteroatoms. The Morgan fingerprint density at radius 3 is 2.89 bits per heavy atom. The fourth-order valence-corrected chi connectivity index (χ4v) is 3.00. The highest BCUT2D eigenvalue weighted by molar-refractivity contribution is 7.89. The first-order chi connectivity index (χ1) is 8.58. The van der Waals surface area contributed by atoms with E-state index in [9.17, 15) is 8.42 Å². The Bertz CT molecular complexity index is 479. The quantitative estimate of drug-likeness (QED) is 0.848. The van der Waals surface area contributed by atoms with Crippen LogP contribution in [0.15, 0.2) is 23.4 Å². The van der Waals surface area contributed by atoms with E-state index in [4.69, 9.17) is 0 Å². The first-order valence-electron chi connectivity index (χ1n) is 6.24. The van der Waals surface area contributed by atoms with E-state index in [-0.39, 0.29) is 11.1 Å². The monoisotopic (exact) mass is 269 g/mol. The lowest BCUT2D eigenvalue weighted by atomic mass is 10.1. The molecule has 1 fully saturated rings. The smallest absolute Gasteiger partial charge is 0.258 e. The van der Waals surface area contributed by atoms with Gasteiger partial charge >= 0.3 is 0 Å². The standard InChI is InChI=1S/C12H19N3O2S/c1-10-5-6-12(14-8-10)18(16,17)15-9-11-4-2-3-7-13-11/h5-6,8,11,13,15H,2-4,7,9H2,1H3/t11-/m1/s1. The van der Waals surface area contributed by atoms with E-state index in [2.05, 4.69) is 15.0 Å². The predicted octanol–water partition coefficient (Wildman–Crippen LogP) is 0.810. The van der Waals surface area contributed by atoms with Crippen LogP contribution in [0.4, 0.5) is 0 Å². The lowest BCUT2D eigenvalue weighted by molar-refractivity contribution is 0.398. The summed E-state index contributed by atoms with van der Waals surface area (Å²) in [6.45, 7) is 3.27. The molecule has 1 aromatic heterocycles. The van der Waals surface area contributed by atoms with E-state index in [1.165, 1.54) is 12.5 Å². The Hall–Kier alpha value is -0.980. The summed E-state index contributed by atoms with van der Waals surface area (Å²) in [5.74, 6) is 0. The number of aromatic nitrogens is 1. The fourth-order valence-electron chi connectivity index (χ4n) is 2.00. The van der Waals surface area contributed by atoms with Crippen LogP contribution in [0.3, 0.4) is 0 Å². The average Bonchev–Trinajstić information content (AvgIpc) is 2.38. The van der Waals surface area contributed by atoms with Gasteiger partial charge in [-0.25, -0.2) is 18.1 Å². The van der Waals surface area contributed by atoms with E-state index < -0.39 is 10.0 Å². The minimum Gasteiger partial charge on any atom is -0.313 e. The zero-order valence-electron chi connectivity index (χ0n) is 10.5. The molecule has 0 amide bonds. The molecule has 0 unspecified atom stereocenters. The first kappa shape index (κ1) is 13.5. The summed E-state index contributed by atoms with van der Waals surface area (Å²) in [7, 11) is -3.48. The normalized spacial score (nSPS) is 20.8. The lowest BCUT2D eigenvalue weighted by Crippen LogP contribution is -2.43. The summed E-state index contributed by atoms with van der Waals surface area (Å²) < 4.78 is 26.6.